The lowest BCUT2D eigenvalue weighted by Crippen LogP contribution is -2.36. The molecule has 3 aromatic rings. The van der Waals surface area contributed by atoms with Crippen LogP contribution in [0.2, 0.25) is 5.02 Å². The molecular weight excluding hydrogens is 611 g/mol. The molecule has 2 aromatic carbocycles. The number of nitrogens with zero attached hydrogens (tertiary/aromatic N) is 4. The molecule has 11 nitrogen and oxygen atoms in total. The third kappa shape index (κ3) is 8.24. The van der Waals surface area contributed by atoms with Crippen LogP contribution in [0.15, 0.2) is 48.5 Å². The summed E-state index contributed by atoms with van der Waals surface area (Å²) < 4.78 is 70.8. The first kappa shape index (κ1) is 30.8. The van der Waals surface area contributed by atoms with E-state index in [0.717, 1.165) is 44.3 Å². The summed E-state index contributed by atoms with van der Waals surface area (Å²) >= 11 is 6.00. The molecule has 1 saturated heterocycles. The first-order chi connectivity index (χ1) is 20.5. The lowest BCUT2D eigenvalue weighted by molar-refractivity contribution is -0.0713. The van der Waals surface area contributed by atoms with Crippen molar-refractivity contribution in [2.45, 2.75) is 44.0 Å². The van der Waals surface area contributed by atoms with E-state index < -0.39 is 40.3 Å². The monoisotopic (exact) mass is 639 g/mol. The minimum Gasteiger partial charge on any atom is -0.422 e. The average Bonchev–Trinajstić information content (AvgIpc) is 3.53. The molecule has 1 unspecified atom stereocenters. The van der Waals surface area contributed by atoms with Crippen molar-refractivity contribution in [2.24, 2.45) is 0 Å². The molecule has 230 valence electrons. The minimum atomic E-state index is -3.83. The second-order valence-electron chi connectivity index (χ2n) is 10.3. The van der Waals surface area contributed by atoms with Crippen LogP contribution in [-0.4, -0.2) is 72.3 Å². The van der Waals surface area contributed by atoms with Crippen LogP contribution in [-0.2, 0) is 15.6 Å². The summed E-state index contributed by atoms with van der Waals surface area (Å²) in [7, 11) is -3.83. The van der Waals surface area contributed by atoms with E-state index >= 15 is 0 Å². The Hall–Kier alpha value is -3.69. The zero-order valence-corrected chi connectivity index (χ0v) is 24.3. The van der Waals surface area contributed by atoms with Gasteiger partial charge in [0.05, 0.1) is 11.3 Å². The molecule has 0 spiro atoms. The van der Waals surface area contributed by atoms with Crippen molar-refractivity contribution in [3.05, 3.63) is 64.7 Å². The highest BCUT2D eigenvalue weighted by Gasteiger charge is 2.45. The van der Waals surface area contributed by atoms with E-state index in [2.05, 4.69) is 35.0 Å². The number of benzene rings is 2. The maximum absolute atomic E-state index is 13.7. The number of likely N-dealkylation sites (tertiary alicyclic amines) is 1. The lowest BCUT2D eigenvalue weighted by atomic mass is 10.1. The van der Waals surface area contributed by atoms with Gasteiger partial charge in [0.1, 0.15) is 0 Å². The highest BCUT2D eigenvalue weighted by molar-refractivity contribution is 7.90. The van der Waals surface area contributed by atoms with Gasteiger partial charge in [0.15, 0.2) is 0 Å². The standard InChI is InChI=1S/C27H29ClF3N7O4S/c28-19-7-5-18(6-8-19)27(11-12-27)36-25-33-24(34-26(35-25)42-22(31)21(29)30)32-20-9-3-17(4-10-20)23(39)37-43(40,41)16-15-38-13-1-2-14-38/h3-10,21-22H,1-2,11-16H2,(H,37,39)(H2,32,33,34,35,36). The van der Waals surface area contributed by atoms with E-state index in [0.29, 0.717) is 17.3 Å². The van der Waals surface area contributed by atoms with Crippen molar-refractivity contribution in [3.63, 3.8) is 0 Å². The summed E-state index contributed by atoms with van der Waals surface area (Å²) in [5.74, 6) is -1.17. The highest BCUT2D eigenvalue weighted by atomic mass is 35.5. The zero-order valence-electron chi connectivity index (χ0n) is 22.8. The number of anilines is 3. The van der Waals surface area contributed by atoms with Gasteiger partial charge in [-0.1, -0.05) is 23.7 Å². The lowest BCUT2D eigenvalue weighted by Gasteiger charge is -2.19. The van der Waals surface area contributed by atoms with Gasteiger partial charge in [-0.3, -0.25) is 4.79 Å². The fourth-order valence-electron chi connectivity index (χ4n) is 4.61. The number of sulfonamides is 1. The third-order valence-corrected chi connectivity index (χ3v) is 8.52. The Bertz CT molecular complexity index is 1540. The largest absolute Gasteiger partial charge is 0.422 e. The van der Waals surface area contributed by atoms with Crippen molar-refractivity contribution in [1.82, 2.24) is 24.6 Å². The molecule has 1 aliphatic carbocycles. The number of carbonyl (C=O) groups is 1. The van der Waals surface area contributed by atoms with Gasteiger partial charge in [0.2, 0.25) is 21.9 Å². The summed E-state index contributed by atoms with van der Waals surface area (Å²) in [6, 6.07) is 12.2. The molecule has 1 aliphatic heterocycles. The Morgan fingerprint density at radius 3 is 2.26 bits per heavy atom. The van der Waals surface area contributed by atoms with Gasteiger partial charge in [-0.05, 0) is 80.7 Å². The van der Waals surface area contributed by atoms with Crippen LogP contribution in [0, 0.1) is 0 Å². The molecule has 0 radical (unpaired) electrons. The Balaban J connectivity index is 1.28. The van der Waals surface area contributed by atoms with Gasteiger partial charge in [-0.15, -0.1) is 0 Å². The fourth-order valence-corrected chi connectivity index (χ4v) is 5.73. The van der Waals surface area contributed by atoms with E-state index in [4.69, 9.17) is 11.6 Å². The molecule has 2 fully saturated rings. The molecule has 43 heavy (non-hydrogen) atoms. The molecule has 3 N–H and O–H groups in total. The van der Waals surface area contributed by atoms with Crippen LogP contribution in [0.4, 0.5) is 30.8 Å². The van der Waals surface area contributed by atoms with Gasteiger partial charge < -0.3 is 20.3 Å². The van der Waals surface area contributed by atoms with Gasteiger partial charge in [-0.2, -0.15) is 19.3 Å². The number of nitrogens with one attached hydrogen (secondary N) is 3. The number of amides is 1. The van der Waals surface area contributed by atoms with Crippen LogP contribution in [0.5, 0.6) is 6.01 Å². The predicted octanol–water partition coefficient (Wildman–Crippen LogP) is 4.46. The second-order valence-corrected chi connectivity index (χ2v) is 12.6. The van der Waals surface area contributed by atoms with Gasteiger partial charge in [0.25, 0.3) is 5.91 Å². The van der Waals surface area contributed by atoms with E-state index in [9.17, 15) is 26.4 Å². The molecule has 16 heteroatoms. The number of halogens is 4. The number of ether oxygens (including phenoxy) is 1. The Kier molecular flexibility index (Phi) is 9.22. The number of hydrogen-bond acceptors (Lipinski definition) is 10. The van der Waals surface area contributed by atoms with Gasteiger partial charge >= 0.3 is 18.8 Å². The van der Waals surface area contributed by atoms with E-state index in [1.807, 2.05) is 17.0 Å². The molecule has 5 rings (SSSR count). The summed E-state index contributed by atoms with van der Waals surface area (Å²) in [5, 5.41) is 6.56. The number of rotatable bonds is 13. The van der Waals surface area contributed by atoms with E-state index in [1.165, 1.54) is 24.3 Å². The van der Waals surface area contributed by atoms with E-state index in [1.54, 1.807) is 12.1 Å². The van der Waals surface area contributed by atoms with Crippen LogP contribution in [0.1, 0.15) is 41.6 Å². The normalized spacial score (nSPS) is 17.0. The second kappa shape index (κ2) is 12.9. The highest BCUT2D eigenvalue weighted by Crippen LogP contribution is 2.48. The first-order valence-electron chi connectivity index (χ1n) is 13.5. The summed E-state index contributed by atoms with van der Waals surface area (Å²) in [5.41, 5.74) is 0.814. The molecule has 2 aliphatic rings. The van der Waals surface area contributed by atoms with Crippen molar-refractivity contribution in [2.75, 3.05) is 36.0 Å². The molecule has 1 saturated carbocycles. The molecule has 2 heterocycles. The molecule has 1 amide bonds. The smallest absolute Gasteiger partial charge is 0.325 e. The van der Waals surface area contributed by atoms with Gasteiger partial charge in [0, 0.05) is 22.8 Å². The van der Waals surface area contributed by atoms with Crippen LogP contribution in [0.3, 0.4) is 0 Å². The van der Waals surface area contributed by atoms with Crippen LogP contribution in [0.25, 0.3) is 0 Å². The van der Waals surface area contributed by atoms with Crippen molar-refractivity contribution in [1.29, 1.82) is 0 Å². The minimum absolute atomic E-state index is 0.0449. The van der Waals surface area contributed by atoms with Crippen molar-refractivity contribution < 1.29 is 31.1 Å². The Morgan fingerprint density at radius 1 is 0.977 bits per heavy atom. The van der Waals surface area contributed by atoms with Crippen LogP contribution >= 0.6 is 11.6 Å². The molecule has 1 atom stereocenters. The zero-order chi connectivity index (χ0) is 30.6. The Labute approximate surface area is 251 Å². The number of alkyl halides is 3. The van der Waals surface area contributed by atoms with Gasteiger partial charge in [-0.25, -0.2) is 21.9 Å². The summed E-state index contributed by atoms with van der Waals surface area (Å²) in [6.45, 7) is 2.03. The third-order valence-electron chi connectivity index (χ3n) is 7.06. The predicted molar refractivity (Wildman–Crippen MR) is 154 cm³/mol. The molecular formula is C27H29ClF3N7O4S. The molecule has 1 aromatic heterocycles. The maximum Gasteiger partial charge on any atom is 0.325 e. The summed E-state index contributed by atoms with van der Waals surface area (Å²) in [6.07, 6.45) is -2.88. The number of hydrogen-bond donors (Lipinski definition) is 3. The maximum atomic E-state index is 13.7. The number of carbonyl (C=O) groups excluding carboxylic acids is 1. The molecule has 0 bridgehead atoms. The quantitative estimate of drug-likeness (QED) is 0.246. The van der Waals surface area contributed by atoms with Crippen LogP contribution < -0.4 is 20.1 Å². The average molecular weight is 640 g/mol. The van der Waals surface area contributed by atoms with Crippen molar-refractivity contribution in [3.8, 4) is 6.01 Å². The number of aromatic nitrogens is 3. The topological polar surface area (TPSA) is 138 Å². The van der Waals surface area contributed by atoms with Crippen molar-refractivity contribution >= 4 is 45.1 Å². The first-order valence-corrected chi connectivity index (χ1v) is 15.6. The van der Waals surface area contributed by atoms with E-state index in [-0.39, 0.29) is 23.2 Å². The Morgan fingerprint density at radius 2 is 1.63 bits per heavy atom. The summed E-state index contributed by atoms with van der Waals surface area (Å²) in [4.78, 5) is 26.7. The fraction of sp³-hybridized carbons (Fsp3) is 0.407. The SMILES string of the molecule is O=C(NS(=O)(=O)CCN1CCCC1)c1ccc(Nc2nc(NC3(c4ccc(Cl)cc4)CC3)nc(OC(F)C(F)F)n2)cc1.